The molecule has 1 aliphatic rings. The van der Waals surface area contributed by atoms with Gasteiger partial charge in [0.15, 0.2) is 0 Å². The van der Waals surface area contributed by atoms with Crippen LogP contribution in [-0.2, 0) is 0 Å². The summed E-state index contributed by atoms with van der Waals surface area (Å²) < 4.78 is 0. The topological polar surface area (TPSA) is 35.5 Å². The SMILES string of the molecule is CC(C)N1CC(C)(C)CNCC1CCO. The fraction of sp³-hybridized carbons (Fsp3) is 1.00. The molecule has 0 aliphatic carbocycles. The summed E-state index contributed by atoms with van der Waals surface area (Å²) in [4.78, 5) is 2.52. The van der Waals surface area contributed by atoms with E-state index in [1.165, 1.54) is 0 Å². The van der Waals surface area contributed by atoms with E-state index in [2.05, 4.69) is 37.9 Å². The van der Waals surface area contributed by atoms with Crippen LogP contribution in [-0.4, -0.2) is 48.3 Å². The highest BCUT2D eigenvalue weighted by molar-refractivity contribution is 4.87. The zero-order valence-corrected chi connectivity index (χ0v) is 10.6. The van der Waals surface area contributed by atoms with Gasteiger partial charge in [-0.15, -0.1) is 0 Å². The molecular formula is C12H26N2O. The van der Waals surface area contributed by atoms with Crippen LogP contribution >= 0.6 is 0 Å². The van der Waals surface area contributed by atoms with E-state index >= 15 is 0 Å². The summed E-state index contributed by atoms with van der Waals surface area (Å²) in [6.45, 7) is 12.6. The molecular weight excluding hydrogens is 188 g/mol. The molecule has 90 valence electrons. The zero-order chi connectivity index (χ0) is 11.5. The van der Waals surface area contributed by atoms with Gasteiger partial charge in [-0.2, -0.15) is 0 Å². The fourth-order valence-electron chi connectivity index (χ4n) is 2.39. The second kappa shape index (κ2) is 5.28. The van der Waals surface area contributed by atoms with Gasteiger partial charge in [-0.1, -0.05) is 13.8 Å². The van der Waals surface area contributed by atoms with Gasteiger partial charge < -0.3 is 10.4 Å². The molecule has 0 saturated carbocycles. The Kier molecular flexibility index (Phi) is 4.56. The maximum atomic E-state index is 9.09. The first kappa shape index (κ1) is 12.9. The van der Waals surface area contributed by atoms with Crippen LogP contribution in [0.3, 0.4) is 0 Å². The smallest absolute Gasteiger partial charge is 0.0446 e. The van der Waals surface area contributed by atoms with Gasteiger partial charge in [0, 0.05) is 38.3 Å². The molecule has 0 aromatic rings. The fourth-order valence-corrected chi connectivity index (χ4v) is 2.39. The summed E-state index contributed by atoms with van der Waals surface area (Å²) in [5.74, 6) is 0. The van der Waals surface area contributed by atoms with Gasteiger partial charge >= 0.3 is 0 Å². The summed E-state index contributed by atoms with van der Waals surface area (Å²) in [7, 11) is 0. The Hall–Kier alpha value is -0.120. The summed E-state index contributed by atoms with van der Waals surface area (Å²) in [5, 5.41) is 12.6. The molecule has 3 heteroatoms. The van der Waals surface area contributed by atoms with Gasteiger partial charge in [-0.3, -0.25) is 4.90 Å². The summed E-state index contributed by atoms with van der Waals surface area (Å²) >= 11 is 0. The summed E-state index contributed by atoms with van der Waals surface area (Å²) in [5.41, 5.74) is 0.328. The lowest BCUT2D eigenvalue weighted by Crippen LogP contribution is -2.46. The van der Waals surface area contributed by atoms with Crippen molar-refractivity contribution in [3.63, 3.8) is 0 Å². The van der Waals surface area contributed by atoms with Crippen LogP contribution in [0.2, 0.25) is 0 Å². The summed E-state index contributed by atoms with van der Waals surface area (Å²) in [6.07, 6.45) is 0.876. The number of nitrogens with zero attached hydrogens (tertiary/aromatic N) is 1. The molecule has 0 aromatic heterocycles. The van der Waals surface area contributed by atoms with Crippen LogP contribution in [0.1, 0.15) is 34.1 Å². The molecule has 1 aliphatic heterocycles. The number of rotatable bonds is 3. The monoisotopic (exact) mass is 214 g/mol. The second-order valence-corrected chi connectivity index (χ2v) is 5.73. The van der Waals surface area contributed by atoms with E-state index in [1.54, 1.807) is 0 Å². The van der Waals surface area contributed by atoms with E-state index in [1.807, 2.05) is 0 Å². The van der Waals surface area contributed by atoms with Crippen molar-refractivity contribution in [3.05, 3.63) is 0 Å². The van der Waals surface area contributed by atoms with Gasteiger partial charge in [0.1, 0.15) is 0 Å². The van der Waals surface area contributed by atoms with Crippen molar-refractivity contribution in [3.8, 4) is 0 Å². The third kappa shape index (κ3) is 3.74. The molecule has 0 bridgehead atoms. The first-order valence-corrected chi connectivity index (χ1v) is 6.03. The van der Waals surface area contributed by atoms with E-state index in [0.29, 0.717) is 17.5 Å². The first-order chi connectivity index (χ1) is 6.96. The standard InChI is InChI=1S/C12H26N2O/c1-10(2)14-9-12(3,4)8-13-7-11(14)5-6-15/h10-11,13,15H,5-9H2,1-4H3. The summed E-state index contributed by atoms with van der Waals surface area (Å²) in [6, 6.07) is 1.04. The lowest BCUT2D eigenvalue weighted by Gasteiger charge is -2.36. The van der Waals surface area contributed by atoms with Gasteiger partial charge in [0.25, 0.3) is 0 Å². The predicted octanol–water partition coefficient (Wildman–Crippen LogP) is 1.08. The molecule has 3 nitrogen and oxygen atoms in total. The molecule has 0 amide bonds. The highest BCUT2D eigenvalue weighted by atomic mass is 16.3. The third-order valence-electron chi connectivity index (χ3n) is 3.19. The van der Waals surface area contributed by atoms with Crippen molar-refractivity contribution in [2.75, 3.05) is 26.2 Å². The van der Waals surface area contributed by atoms with Crippen LogP contribution in [0.5, 0.6) is 0 Å². The maximum absolute atomic E-state index is 9.09. The van der Waals surface area contributed by atoms with Crippen LogP contribution in [0.25, 0.3) is 0 Å². The Bertz CT molecular complexity index is 192. The van der Waals surface area contributed by atoms with E-state index in [0.717, 1.165) is 26.1 Å². The molecule has 1 saturated heterocycles. The highest BCUT2D eigenvalue weighted by Gasteiger charge is 2.31. The molecule has 15 heavy (non-hydrogen) atoms. The molecule has 0 spiro atoms. The third-order valence-corrected chi connectivity index (χ3v) is 3.19. The largest absolute Gasteiger partial charge is 0.396 e. The Balaban J connectivity index is 2.70. The molecule has 1 atom stereocenters. The number of hydrogen-bond donors (Lipinski definition) is 2. The van der Waals surface area contributed by atoms with Crippen LogP contribution in [0.15, 0.2) is 0 Å². The van der Waals surface area contributed by atoms with E-state index < -0.39 is 0 Å². The van der Waals surface area contributed by atoms with E-state index in [-0.39, 0.29) is 6.61 Å². The minimum absolute atomic E-state index is 0.288. The molecule has 0 aromatic carbocycles. The van der Waals surface area contributed by atoms with Crippen LogP contribution in [0, 0.1) is 5.41 Å². The number of nitrogens with one attached hydrogen (secondary N) is 1. The number of hydrogen-bond acceptors (Lipinski definition) is 3. The Morgan fingerprint density at radius 2 is 2.13 bits per heavy atom. The van der Waals surface area contributed by atoms with Gasteiger partial charge in [0.2, 0.25) is 0 Å². The normalized spacial score (nSPS) is 28.0. The number of aliphatic hydroxyl groups excluding tert-OH is 1. The van der Waals surface area contributed by atoms with Crippen molar-refractivity contribution in [2.45, 2.75) is 46.2 Å². The molecule has 1 fully saturated rings. The molecule has 1 heterocycles. The lowest BCUT2D eigenvalue weighted by atomic mass is 9.92. The second-order valence-electron chi connectivity index (χ2n) is 5.73. The average Bonchev–Trinajstić information content (AvgIpc) is 2.26. The van der Waals surface area contributed by atoms with Gasteiger partial charge in [-0.05, 0) is 25.7 Å². The van der Waals surface area contributed by atoms with Crippen molar-refractivity contribution >= 4 is 0 Å². The number of aliphatic hydroxyl groups is 1. The quantitative estimate of drug-likeness (QED) is 0.738. The van der Waals surface area contributed by atoms with E-state index in [9.17, 15) is 0 Å². The van der Waals surface area contributed by atoms with Crippen molar-refractivity contribution in [2.24, 2.45) is 5.41 Å². The Labute approximate surface area is 93.9 Å². The predicted molar refractivity (Wildman–Crippen MR) is 64.0 cm³/mol. The minimum atomic E-state index is 0.288. The lowest BCUT2D eigenvalue weighted by molar-refractivity contribution is 0.102. The zero-order valence-electron chi connectivity index (χ0n) is 10.6. The molecule has 1 rings (SSSR count). The first-order valence-electron chi connectivity index (χ1n) is 6.03. The minimum Gasteiger partial charge on any atom is -0.396 e. The van der Waals surface area contributed by atoms with Crippen molar-refractivity contribution in [1.29, 1.82) is 0 Å². The van der Waals surface area contributed by atoms with Gasteiger partial charge in [0.05, 0.1) is 0 Å². The molecule has 1 unspecified atom stereocenters. The van der Waals surface area contributed by atoms with Crippen molar-refractivity contribution in [1.82, 2.24) is 10.2 Å². The van der Waals surface area contributed by atoms with Crippen LogP contribution < -0.4 is 5.32 Å². The maximum Gasteiger partial charge on any atom is 0.0446 e. The van der Waals surface area contributed by atoms with E-state index in [4.69, 9.17) is 5.11 Å². The molecule has 2 N–H and O–H groups in total. The van der Waals surface area contributed by atoms with Crippen molar-refractivity contribution < 1.29 is 5.11 Å². The molecule has 0 radical (unpaired) electrons. The van der Waals surface area contributed by atoms with Gasteiger partial charge in [-0.25, -0.2) is 0 Å². The average molecular weight is 214 g/mol. The Morgan fingerprint density at radius 3 is 2.67 bits per heavy atom. The Morgan fingerprint density at radius 1 is 1.47 bits per heavy atom. The van der Waals surface area contributed by atoms with Crippen LogP contribution in [0.4, 0.5) is 0 Å². The highest BCUT2D eigenvalue weighted by Crippen LogP contribution is 2.23.